The molecule has 0 aromatic carbocycles. The molecule has 31 heavy (non-hydrogen) atoms. The topological polar surface area (TPSA) is 135 Å². The van der Waals surface area contributed by atoms with E-state index in [1.807, 2.05) is 0 Å². The molecular weight excluding hydrogens is 442 g/mol. The first kappa shape index (κ1) is 26.7. The Hall–Kier alpha value is -0.600. The minimum absolute atomic E-state index is 0.209. The van der Waals surface area contributed by atoms with Gasteiger partial charge in [0.2, 0.25) is 5.91 Å². The first-order valence-electron chi connectivity index (χ1n) is 11.1. The Morgan fingerprint density at radius 1 is 1.26 bits per heavy atom. The molecule has 1 amide bonds. The Morgan fingerprint density at radius 2 is 2.00 bits per heavy atom. The van der Waals surface area contributed by atoms with E-state index >= 15 is 0 Å². The van der Waals surface area contributed by atoms with Gasteiger partial charge in [-0.25, -0.2) is 0 Å². The molecule has 2 aliphatic rings. The van der Waals surface area contributed by atoms with Gasteiger partial charge in [0.25, 0.3) is 0 Å². The molecule has 2 saturated heterocycles. The van der Waals surface area contributed by atoms with Gasteiger partial charge in [-0.05, 0) is 51.3 Å². The molecule has 8 nitrogen and oxygen atoms in total. The zero-order valence-electron chi connectivity index (χ0n) is 18.2. The second-order valence-corrected chi connectivity index (χ2v) is 10.2. The molecule has 0 saturated carbocycles. The van der Waals surface area contributed by atoms with Crippen molar-refractivity contribution in [1.29, 1.82) is 5.26 Å². The van der Waals surface area contributed by atoms with Crippen molar-refractivity contribution >= 4 is 29.3 Å². The summed E-state index contributed by atoms with van der Waals surface area (Å²) < 4.78 is 5.81. The molecule has 2 rings (SSSR count). The first-order chi connectivity index (χ1) is 14.8. The molecule has 2 heterocycles. The molecular formula is C21H36ClN3O5S. The summed E-state index contributed by atoms with van der Waals surface area (Å²) in [5.41, 5.74) is -0.726. The number of halogens is 1. The van der Waals surface area contributed by atoms with Crippen LogP contribution in [-0.2, 0) is 9.53 Å². The van der Waals surface area contributed by atoms with Gasteiger partial charge >= 0.3 is 0 Å². The molecule has 0 radical (unpaired) electrons. The van der Waals surface area contributed by atoms with E-state index in [9.17, 15) is 20.1 Å². The molecule has 0 aromatic heterocycles. The lowest BCUT2D eigenvalue weighted by molar-refractivity contribution is -0.205. The third kappa shape index (κ3) is 7.46. The number of nitriles is 1. The highest BCUT2D eigenvalue weighted by atomic mass is 35.5. The van der Waals surface area contributed by atoms with Gasteiger partial charge in [0.1, 0.15) is 29.9 Å². The fourth-order valence-corrected chi connectivity index (χ4v) is 5.23. The summed E-state index contributed by atoms with van der Waals surface area (Å²) in [6, 6.07) is 1.08. The summed E-state index contributed by atoms with van der Waals surface area (Å²) in [6.45, 7) is 2.44. The monoisotopic (exact) mass is 477 g/mol. The maximum absolute atomic E-state index is 13.0. The number of carbonyl (C=O) groups is 1. The van der Waals surface area contributed by atoms with Crippen LogP contribution in [0.5, 0.6) is 0 Å². The van der Waals surface area contributed by atoms with Crippen molar-refractivity contribution in [2.24, 2.45) is 5.92 Å². The lowest BCUT2D eigenvalue weighted by Gasteiger charge is -2.44. The second kappa shape index (κ2) is 13.2. The molecule has 10 heteroatoms. The molecule has 0 aliphatic carbocycles. The predicted octanol–water partition coefficient (Wildman–Crippen LogP) is 1.11. The molecule has 178 valence electrons. The van der Waals surface area contributed by atoms with E-state index in [0.29, 0.717) is 18.8 Å². The highest BCUT2D eigenvalue weighted by molar-refractivity contribution is 7.99. The Balaban J connectivity index is 1.95. The summed E-state index contributed by atoms with van der Waals surface area (Å²) in [7, 11) is 0. The number of thioether (sulfide) groups is 1. The number of hydrogen-bond acceptors (Lipinski definition) is 8. The van der Waals surface area contributed by atoms with Gasteiger partial charge in [-0.15, -0.1) is 23.4 Å². The largest absolute Gasteiger partial charge is 0.388 e. The third-order valence-corrected chi connectivity index (χ3v) is 7.40. The van der Waals surface area contributed by atoms with E-state index in [2.05, 4.69) is 16.7 Å². The number of ether oxygens (including phenoxy) is 1. The van der Waals surface area contributed by atoms with Crippen LogP contribution in [0.2, 0.25) is 0 Å². The highest BCUT2D eigenvalue weighted by Gasteiger charge is 2.48. The number of aliphatic hydroxyl groups excluding tert-OH is 3. The molecule has 2 aliphatic heterocycles. The van der Waals surface area contributed by atoms with Crippen molar-refractivity contribution in [3.05, 3.63) is 0 Å². The lowest BCUT2D eigenvalue weighted by Crippen LogP contribution is -2.65. The van der Waals surface area contributed by atoms with Crippen LogP contribution in [0.4, 0.5) is 0 Å². The van der Waals surface area contributed by atoms with Gasteiger partial charge in [-0.1, -0.05) is 12.8 Å². The fraction of sp³-hybridized carbons (Fsp3) is 0.905. The van der Waals surface area contributed by atoms with Gasteiger partial charge in [-0.3, -0.25) is 4.79 Å². The zero-order chi connectivity index (χ0) is 23.0. The Labute approximate surface area is 194 Å². The van der Waals surface area contributed by atoms with Crippen molar-refractivity contribution < 1.29 is 24.9 Å². The Bertz CT molecular complexity index is 606. The summed E-state index contributed by atoms with van der Waals surface area (Å²) >= 11 is 7.56. The van der Waals surface area contributed by atoms with Gasteiger partial charge in [0.05, 0.1) is 23.5 Å². The normalized spacial score (nSPS) is 36.1. The molecule has 9 unspecified atom stereocenters. The van der Waals surface area contributed by atoms with Crippen LogP contribution in [0.3, 0.4) is 0 Å². The number of nitrogens with one attached hydrogen (secondary N) is 2. The smallest absolute Gasteiger partial charge is 0.237 e. The predicted molar refractivity (Wildman–Crippen MR) is 121 cm³/mol. The van der Waals surface area contributed by atoms with Crippen LogP contribution in [0.25, 0.3) is 0 Å². The summed E-state index contributed by atoms with van der Waals surface area (Å²) in [5.74, 6) is 0.328. The van der Waals surface area contributed by atoms with Crippen molar-refractivity contribution in [2.75, 3.05) is 12.8 Å². The van der Waals surface area contributed by atoms with Gasteiger partial charge < -0.3 is 30.7 Å². The van der Waals surface area contributed by atoms with E-state index in [1.165, 1.54) is 11.8 Å². The second-order valence-electron chi connectivity index (χ2n) is 8.53. The lowest BCUT2D eigenvalue weighted by atomic mass is 9.92. The number of carbonyl (C=O) groups excluding carboxylic acids is 1. The van der Waals surface area contributed by atoms with Gasteiger partial charge in [0.15, 0.2) is 0 Å². The quantitative estimate of drug-likeness (QED) is 0.246. The van der Waals surface area contributed by atoms with Crippen LogP contribution < -0.4 is 10.6 Å². The number of aliphatic hydroxyl groups is 3. The number of unbranched alkanes of at least 4 members (excludes halogenated alkanes) is 2. The Kier molecular flexibility index (Phi) is 11.3. The highest BCUT2D eigenvalue weighted by Crippen LogP contribution is 2.30. The van der Waals surface area contributed by atoms with E-state index in [0.717, 1.165) is 38.6 Å². The minimum atomic E-state index is -1.39. The van der Waals surface area contributed by atoms with Crippen LogP contribution in [-0.4, -0.2) is 81.3 Å². The molecule has 5 N–H and O–H groups in total. The molecule has 0 aromatic rings. The van der Waals surface area contributed by atoms with E-state index in [-0.39, 0.29) is 11.9 Å². The van der Waals surface area contributed by atoms with Gasteiger partial charge in [0, 0.05) is 6.42 Å². The summed E-state index contributed by atoms with van der Waals surface area (Å²) in [6.07, 6.45) is 3.04. The minimum Gasteiger partial charge on any atom is -0.388 e. The number of hydrogen-bond donors (Lipinski definition) is 5. The maximum Gasteiger partial charge on any atom is 0.237 e. The van der Waals surface area contributed by atoms with Crippen molar-refractivity contribution in [3.8, 4) is 6.07 Å². The van der Waals surface area contributed by atoms with Crippen molar-refractivity contribution in [3.63, 3.8) is 0 Å². The number of rotatable bonds is 9. The molecule has 0 bridgehead atoms. The summed E-state index contributed by atoms with van der Waals surface area (Å²) in [4.78, 5) is 13.0. The SMILES string of the molecule is CSC1OC(C(NC(=O)C2CCC(CCCCC#N)CCN2)C(C)Cl)C(O)C(O)C1O. The number of amides is 1. The van der Waals surface area contributed by atoms with Crippen LogP contribution >= 0.6 is 23.4 Å². The number of nitrogens with zero attached hydrogens (tertiary/aromatic N) is 1. The van der Waals surface area contributed by atoms with Crippen LogP contribution in [0, 0.1) is 17.2 Å². The van der Waals surface area contributed by atoms with E-state index < -0.39 is 41.3 Å². The molecule has 9 atom stereocenters. The maximum atomic E-state index is 13.0. The van der Waals surface area contributed by atoms with Gasteiger partial charge in [-0.2, -0.15) is 5.26 Å². The number of alkyl halides is 1. The fourth-order valence-electron chi connectivity index (χ4n) is 4.35. The molecule has 2 fully saturated rings. The average molecular weight is 478 g/mol. The zero-order valence-corrected chi connectivity index (χ0v) is 19.8. The van der Waals surface area contributed by atoms with Crippen LogP contribution in [0.1, 0.15) is 51.9 Å². The Morgan fingerprint density at radius 3 is 2.65 bits per heavy atom. The summed E-state index contributed by atoms with van der Waals surface area (Å²) in [5, 5.41) is 45.1. The van der Waals surface area contributed by atoms with Crippen molar-refractivity contribution in [1.82, 2.24) is 10.6 Å². The molecule has 0 spiro atoms. The van der Waals surface area contributed by atoms with Crippen molar-refractivity contribution in [2.45, 2.75) is 99.2 Å². The van der Waals surface area contributed by atoms with E-state index in [4.69, 9.17) is 21.6 Å². The standard InChI is InChI=1S/C21H36ClN3O5S/c1-12(22)15(19-17(27)16(26)18(28)21(30-19)31-2)25-20(29)14-8-7-13(9-11-24-14)6-4-3-5-10-23/h12-19,21,24,26-28H,3-9,11H2,1-2H3,(H,25,29). The first-order valence-corrected chi connectivity index (χ1v) is 12.8. The van der Waals surface area contributed by atoms with E-state index in [1.54, 1.807) is 13.2 Å². The third-order valence-electron chi connectivity index (χ3n) is 6.27. The van der Waals surface area contributed by atoms with Crippen LogP contribution in [0.15, 0.2) is 0 Å². The average Bonchev–Trinajstić information content (AvgIpc) is 2.99.